The van der Waals surface area contributed by atoms with Gasteiger partial charge in [0.15, 0.2) is 0 Å². The van der Waals surface area contributed by atoms with Crippen LogP contribution in [0.15, 0.2) is 23.8 Å². The normalized spacial score (nSPS) is 17.7. The van der Waals surface area contributed by atoms with Crippen LogP contribution in [-0.2, 0) is 20.4 Å². The SMILES string of the molecule is CCOC(=O)C=C(C)C#C[Se]c1cc2c(cc1O)C(C)(C)CCC2(C)C. The van der Waals surface area contributed by atoms with Gasteiger partial charge in [0.05, 0.1) is 0 Å². The molecule has 2 rings (SSSR count). The first kappa shape index (κ1) is 20.6. The van der Waals surface area contributed by atoms with E-state index in [1.165, 1.54) is 17.2 Å². The number of allylic oxidation sites excluding steroid dienone is 1. The summed E-state index contributed by atoms with van der Waals surface area (Å²) < 4.78 is 5.78. The minimum atomic E-state index is -0.368. The summed E-state index contributed by atoms with van der Waals surface area (Å²) in [5.41, 5.74) is 3.43. The average molecular weight is 419 g/mol. The summed E-state index contributed by atoms with van der Waals surface area (Å²) in [6, 6.07) is 4.08. The molecule has 3 nitrogen and oxygen atoms in total. The van der Waals surface area contributed by atoms with Crippen LogP contribution in [0.1, 0.15) is 65.5 Å². The maximum absolute atomic E-state index is 11.4. The second-order valence-electron chi connectivity index (χ2n) is 8.04. The molecule has 140 valence electrons. The average Bonchev–Trinajstić information content (AvgIpc) is 2.53. The molecule has 0 unspecified atom stereocenters. The first-order valence-electron chi connectivity index (χ1n) is 8.98. The Balaban J connectivity index is 2.28. The molecule has 0 saturated heterocycles. The van der Waals surface area contributed by atoms with Crippen molar-refractivity contribution in [1.29, 1.82) is 0 Å². The Kier molecular flexibility index (Phi) is 6.27. The van der Waals surface area contributed by atoms with E-state index in [9.17, 15) is 9.90 Å². The van der Waals surface area contributed by atoms with Gasteiger partial charge in [-0.2, -0.15) is 0 Å². The van der Waals surface area contributed by atoms with E-state index in [1.807, 2.05) is 6.07 Å². The number of rotatable bonds is 3. The quantitative estimate of drug-likeness (QED) is 0.353. The molecule has 0 aliphatic heterocycles. The monoisotopic (exact) mass is 420 g/mol. The zero-order valence-electron chi connectivity index (χ0n) is 16.5. The van der Waals surface area contributed by atoms with Crippen LogP contribution in [0.5, 0.6) is 5.75 Å². The topological polar surface area (TPSA) is 46.5 Å². The number of hydrogen-bond acceptors (Lipinski definition) is 3. The molecule has 26 heavy (non-hydrogen) atoms. The van der Waals surface area contributed by atoms with E-state index >= 15 is 0 Å². The first-order chi connectivity index (χ1) is 12.1. The van der Waals surface area contributed by atoms with E-state index < -0.39 is 0 Å². The zero-order valence-corrected chi connectivity index (χ0v) is 18.2. The Labute approximate surface area is 163 Å². The van der Waals surface area contributed by atoms with Crippen molar-refractivity contribution in [3.05, 3.63) is 34.9 Å². The number of phenols is 1. The van der Waals surface area contributed by atoms with E-state index in [1.54, 1.807) is 13.8 Å². The zero-order chi connectivity index (χ0) is 19.5. The Morgan fingerprint density at radius 1 is 1.23 bits per heavy atom. The Hall–Kier alpha value is -1.69. The molecule has 0 atom stereocenters. The first-order valence-corrected chi connectivity index (χ1v) is 10.7. The van der Waals surface area contributed by atoms with Gasteiger partial charge in [0.1, 0.15) is 0 Å². The van der Waals surface area contributed by atoms with Crippen LogP contribution in [0.25, 0.3) is 0 Å². The second kappa shape index (κ2) is 7.90. The van der Waals surface area contributed by atoms with Gasteiger partial charge in [0.2, 0.25) is 0 Å². The molecule has 0 bridgehead atoms. The van der Waals surface area contributed by atoms with Crippen LogP contribution >= 0.6 is 0 Å². The number of fused-ring (bicyclic) bond motifs is 1. The molecular weight excluding hydrogens is 391 g/mol. The molecule has 1 N–H and O–H groups in total. The Bertz CT molecular complexity index is 792. The van der Waals surface area contributed by atoms with Crippen LogP contribution in [0.3, 0.4) is 0 Å². The third-order valence-corrected chi connectivity index (χ3v) is 6.54. The van der Waals surface area contributed by atoms with Crippen molar-refractivity contribution in [3.63, 3.8) is 0 Å². The summed E-state index contributed by atoms with van der Waals surface area (Å²) >= 11 is -0.180. The van der Waals surface area contributed by atoms with Crippen LogP contribution in [0, 0.1) is 10.7 Å². The molecular formula is C22H28O3Se. The van der Waals surface area contributed by atoms with Crippen molar-refractivity contribution >= 4 is 25.4 Å². The van der Waals surface area contributed by atoms with Gasteiger partial charge in [0, 0.05) is 0 Å². The molecule has 0 spiro atoms. The van der Waals surface area contributed by atoms with Gasteiger partial charge in [-0.3, -0.25) is 0 Å². The van der Waals surface area contributed by atoms with Crippen molar-refractivity contribution in [3.8, 4) is 16.5 Å². The predicted molar refractivity (Wildman–Crippen MR) is 107 cm³/mol. The van der Waals surface area contributed by atoms with Gasteiger partial charge in [-0.05, 0) is 0 Å². The van der Waals surface area contributed by atoms with Crippen molar-refractivity contribution in [2.75, 3.05) is 6.61 Å². The fourth-order valence-electron chi connectivity index (χ4n) is 3.22. The van der Waals surface area contributed by atoms with Crippen LogP contribution in [0.2, 0.25) is 0 Å². The van der Waals surface area contributed by atoms with E-state index in [2.05, 4.69) is 44.5 Å². The molecule has 0 amide bonds. The third kappa shape index (κ3) is 4.72. The number of aromatic hydroxyl groups is 1. The fourth-order valence-corrected chi connectivity index (χ4v) is 4.61. The van der Waals surface area contributed by atoms with Crippen molar-refractivity contribution in [2.24, 2.45) is 0 Å². The second-order valence-corrected chi connectivity index (χ2v) is 9.82. The fraction of sp³-hybridized carbons (Fsp3) is 0.500. The minimum absolute atomic E-state index is 0.0819. The van der Waals surface area contributed by atoms with E-state index in [-0.39, 0.29) is 31.8 Å². The maximum atomic E-state index is 11.4. The molecule has 0 aromatic heterocycles. The van der Waals surface area contributed by atoms with E-state index in [0.717, 1.165) is 17.3 Å². The number of esters is 1. The standard InChI is InChI=1S/C22H28O3Se/c1-7-25-20(24)12-15(2)8-11-26-19-14-17-16(13-18(19)23)21(3,4)9-10-22(17,5)6/h12-14,23H,7,9-10H2,1-6H3. The molecule has 1 aliphatic carbocycles. The summed E-state index contributed by atoms with van der Waals surface area (Å²) in [6.45, 7) is 13.0. The van der Waals surface area contributed by atoms with Crippen LogP contribution in [0.4, 0.5) is 0 Å². The number of hydrogen-bond donors (Lipinski definition) is 1. The van der Waals surface area contributed by atoms with E-state index in [0.29, 0.717) is 17.9 Å². The van der Waals surface area contributed by atoms with Gasteiger partial charge in [-0.15, -0.1) is 0 Å². The summed E-state index contributed by atoms with van der Waals surface area (Å²) in [4.78, 5) is 14.6. The molecule has 1 aromatic carbocycles. The van der Waals surface area contributed by atoms with Gasteiger partial charge in [-0.25, -0.2) is 0 Å². The predicted octanol–water partition coefficient (Wildman–Crippen LogP) is 3.54. The Morgan fingerprint density at radius 2 is 1.81 bits per heavy atom. The molecule has 0 radical (unpaired) electrons. The van der Waals surface area contributed by atoms with Crippen molar-refractivity contribution in [2.45, 2.75) is 65.2 Å². The van der Waals surface area contributed by atoms with Gasteiger partial charge in [0.25, 0.3) is 0 Å². The number of carbonyl (C=O) groups is 1. The van der Waals surface area contributed by atoms with Crippen molar-refractivity contribution in [1.82, 2.24) is 0 Å². The molecule has 1 aliphatic rings. The summed E-state index contributed by atoms with van der Waals surface area (Å²) in [5.74, 6) is 2.95. The summed E-state index contributed by atoms with van der Waals surface area (Å²) in [5, 5.41) is 10.5. The molecule has 0 fully saturated rings. The summed E-state index contributed by atoms with van der Waals surface area (Å²) in [7, 11) is 0. The van der Waals surface area contributed by atoms with E-state index in [4.69, 9.17) is 4.74 Å². The number of benzene rings is 1. The molecule has 0 heterocycles. The number of carbonyl (C=O) groups excluding carboxylic acids is 1. The van der Waals surface area contributed by atoms with Crippen LogP contribution in [-0.4, -0.2) is 32.6 Å². The number of ether oxygens (including phenoxy) is 1. The van der Waals surface area contributed by atoms with Gasteiger partial charge in [-0.1, -0.05) is 0 Å². The summed E-state index contributed by atoms with van der Waals surface area (Å²) in [6.07, 6.45) is 3.66. The van der Waals surface area contributed by atoms with Gasteiger partial charge < -0.3 is 0 Å². The number of phenolic OH excluding ortho intramolecular Hbond substituents is 1. The van der Waals surface area contributed by atoms with Crippen molar-refractivity contribution < 1.29 is 14.6 Å². The molecule has 0 saturated carbocycles. The van der Waals surface area contributed by atoms with Gasteiger partial charge >= 0.3 is 163 Å². The van der Waals surface area contributed by atoms with Crippen LogP contribution < -0.4 is 4.46 Å². The Morgan fingerprint density at radius 3 is 2.38 bits per heavy atom. The third-order valence-electron chi connectivity index (χ3n) is 4.96. The molecule has 1 aromatic rings. The molecule has 4 heteroatoms.